The number of nitrogens with one attached hydrogen (secondary N) is 2. The molecular weight excluding hydrogens is 449 g/mol. The van der Waals surface area contributed by atoms with Crippen LogP contribution >= 0.6 is 0 Å². The SMILES string of the molecule is Cc1cc(CNC(=O)Oc2ccc(-c3cccc(C(F)(F)F)c3)o2)ccc1NS(C)(=O)=O. The van der Waals surface area contributed by atoms with E-state index in [1.807, 2.05) is 0 Å². The number of benzene rings is 2. The molecule has 0 fully saturated rings. The van der Waals surface area contributed by atoms with E-state index in [1.54, 1.807) is 25.1 Å². The zero-order valence-electron chi connectivity index (χ0n) is 17.0. The van der Waals surface area contributed by atoms with Crippen LogP contribution in [0.3, 0.4) is 0 Å². The van der Waals surface area contributed by atoms with Gasteiger partial charge in [0.25, 0.3) is 5.95 Å². The van der Waals surface area contributed by atoms with Crippen LogP contribution < -0.4 is 14.8 Å². The lowest BCUT2D eigenvalue weighted by Crippen LogP contribution is -2.26. The lowest BCUT2D eigenvalue weighted by molar-refractivity contribution is -0.137. The van der Waals surface area contributed by atoms with Crippen molar-refractivity contribution in [3.8, 4) is 17.3 Å². The average Bonchev–Trinajstić information content (AvgIpc) is 3.15. The Balaban J connectivity index is 1.60. The van der Waals surface area contributed by atoms with E-state index in [9.17, 15) is 26.4 Å². The van der Waals surface area contributed by atoms with Crippen LogP contribution in [0.5, 0.6) is 5.95 Å². The normalized spacial score (nSPS) is 11.8. The second-order valence-electron chi connectivity index (χ2n) is 6.96. The first-order valence-electron chi connectivity index (χ1n) is 9.21. The predicted molar refractivity (Wildman–Crippen MR) is 112 cm³/mol. The molecule has 3 rings (SSSR count). The van der Waals surface area contributed by atoms with Gasteiger partial charge in [0.2, 0.25) is 10.0 Å². The molecule has 0 saturated heterocycles. The van der Waals surface area contributed by atoms with Crippen molar-refractivity contribution in [3.63, 3.8) is 0 Å². The van der Waals surface area contributed by atoms with Gasteiger partial charge in [-0.05, 0) is 42.3 Å². The molecule has 2 N–H and O–H groups in total. The number of amides is 1. The van der Waals surface area contributed by atoms with Crippen LogP contribution in [-0.2, 0) is 22.7 Å². The minimum atomic E-state index is -4.49. The number of anilines is 1. The van der Waals surface area contributed by atoms with Crippen molar-refractivity contribution >= 4 is 21.8 Å². The molecule has 2 aromatic carbocycles. The maximum atomic E-state index is 12.9. The zero-order chi connectivity index (χ0) is 23.5. The third-order valence-corrected chi connectivity index (χ3v) is 4.86. The van der Waals surface area contributed by atoms with E-state index in [1.165, 1.54) is 24.3 Å². The molecule has 0 radical (unpaired) electrons. The molecule has 0 bridgehead atoms. The monoisotopic (exact) mass is 468 g/mol. The summed E-state index contributed by atoms with van der Waals surface area (Å²) in [7, 11) is -3.41. The van der Waals surface area contributed by atoms with E-state index in [0.717, 1.165) is 18.4 Å². The van der Waals surface area contributed by atoms with Gasteiger partial charge >= 0.3 is 12.3 Å². The quantitative estimate of drug-likeness (QED) is 0.534. The van der Waals surface area contributed by atoms with Crippen LogP contribution in [0.2, 0.25) is 0 Å². The number of carbonyl (C=O) groups excluding carboxylic acids is 1. The summed E-state index contributed by atoms with van der Waals surface area (Å²) in [4.78, 5) is 12.0. The van der Waals surface area contributed by atoms with Crippen molar-refractivity contribution < 1.29 is 35.5 Å². The number of carbonyl (C=O) groups is 1. The highest BCUT2D eigenvalue weighted by molar-refractivity contribution is 7.92. The van der Waals surface area contributed by atoms with Crippen LogP contribution in [0.4, 0.5) is 23.7 Å². The van der Waals surface area contributed by atoms with Gasteiger partial charge in [0.1, 0.15) is 5.76 Å². The van der Waals surface area contributed by atoms with Crippen molar-refractivity contribution in [2.75, 3.05) is 11.0 Å². The maximum absolute atomic E-state index is 12.9. The highest BCUT2D eigenvalue weighted by atomic mass is 32.2. The third kappa shape index (κ3) is 6.27. The Kier molecular flexibility index (Phi) is 6.49. The van der Waals surface area contributed by atoms with Crippen molar-refractivity contribution in [2.45, 2.75) is 19.6 Å². The number of aryl methyl sites for hydroxylation is 1. The summed E-state index contributed by atoms with van der Waals surface area (Å²) in [5.74, 6) is -0.0673. The highest BCUT2D eigenvalue weighted by Crippen LogP contribution is 2.33. The van der Waals surface area contributed by atoms with Gasteiger partial charge < -0.3 is 14.5 Å². The van der Waals surface area contributed by atoms with Crippen LogP contribution in [-0.4, -0.2) is 20.8 Å². The van der Waals surface area contributed by atoms with Crippen LogP contribution in [0.15, 0.2) is 59.0 Å². The summed E-state index contributed by atoms with van der Waals surface area (Å²) in [6, 6.07) is 12.2. The van der Waals surface area contributed by atoms with Crippen molar-refractivity contribution in [3.05, 3.63) is 71.3 Å². The number of hydrogen-bond acceptors (Lipinski definition) is 5. The molecule has 0 aliphatic rings. The molecule has 1 heterocycles. The molecule has 3 aromatic rings. The molecule has 1 aromatic heterocycles. The first-order valence-corrected chi connectivity index (χ1v) is 11.1. The summed E-state index contributed by atoms with van der Waals surface area (Å²) >= 11 is 0. The number of furan rings is 1. The number of hydrogen-bond donors (Lipinski definition) is 2. The molecule has 0 aliphatic heterocycles. The molecule has 7 nitrogen and oxygen atoms in total. The summed E-state index contributed by atoms with van der Waals surface area (Å²) in [6.45, 7) is 1.81. The Bertz CT molecular complexity index is 1240. The topological polar surface area (TPSA) is 97.6 Å². The van der Waals surface area contributed by atoms with Crippen LogP contribution in [0, 0.1) is 6.92 Å². The number of alkyl halides is 3. The summed E-state index contributed by atoms with van der Waals surface area (Å²) in [5, 5.41) is 2.51. The van der Waals surface area contributed by atoms with Crippen molar-refractivity contribution in [1.29, 1.82) is 0 Å². The Morgan fingerprint density at radius 3 is 2.50 bits per heavy atom. The van der Waals surface area contributed by atoms with E-state index in [-0.39, 0.29) is 23.8 Å². The van der Waals surface area contributed by atoms with Crippen molar-refractivity contribution in [2.24, 2.45) is 0 Å². The second-order valence-corrected chi connectivity index (χ2v) is 8.71. The van der Waals surface area contributed by atoms with E-state index in [4.69, 9.17) is 9.15 Å². The van der Waals surface area contributed by atoms with Crippen molar-refractivity contribution in [1.82, 2.24) is 5.32 Å². The smallest absolute Gasteiger partial charge is 0.416 e. The van der Waals surface area contributed by atoms with Gasteiger partial charge in [-0.1, -0.05) is 24.3 Å². The largest absolute Gasteiger partial charge is 0.425 e. The van der Waals surface area contributed by atoms with Gasteiger partial charge in [-0.15, -0.1) is 0 Å². The summed E-state index contributed by atoms with van der Waals surface area (Å²) in [5.41, 5.74) is 1.16. The molecule has 11 heteroatoms. The highest BCUT2D eigenvalue weighted by Gasteiger charge is 2.30. The molecule has 170 valence electrons. The Labute approximate surface area is 182 Å². The fraction of sp³-hybridized carbons (Fsp3) is 0.190. The average molecular weight is 468 g/mol. The molecule has 0 saturated carbocycles. The molecule has 0 atom stereocenters. The van der Waals surface area contributed by atoms with E-state index in [2.05, 4.69) is 10.0 Å². The van der Waals surface area contributed by atoms with E-state index >= 15 is 0 Å². The number of sulfonamides is 1. The number of ether oxygens (including phenoxy) is 1. The summed E-state index contributed by atoms with van der Waals surface area (Å²) < 4.78 is 74.0. The fourth-order valence-corrected chi connectivity index (χ4v) is 3.46. The lowest BCUT2D eigenvalue weighted by atomic mass is 10.1. The second kappa shape index (κ2) is 8.95. The summed E-state index contributed by atoms with van der Waals surface area (Å²) in [6.07, 6.45) is -4.27. The third-order valence-electron chi connectivity index (χ3n) is 4.27. The molecule has 32 heavy (non-hydrogen) atoms. The van der Waals surface area contributed by atoms with Crippen LogP contribution in [0.1, 0.15) is 16.7 Å². The van der Waals surface area contributed by atoms with Gasteiger partial charge in [-0.2, -0.15) is 13.2 Å². The minimum absolute atomic E-state index is 0.0972. The molecule has 0 spiro atoms. The standard InChI is InChI=1S/C21H19F3N2O5S/c1-13-10-14(6-7-17(13)26-32(2,28)29)12-25-20(27)31-19-9-8-18(30-19)15-4-3-5-16(11-15)21(22,23)24/h3-11,26H,12H2,1-2H3,(H,25,27). The first-order chi connectivity index (χ1) is 14.9. The molecule has 0 unspecified atom stereocenters. The first kappa shape index (κ1) is 23.2. The zero-order valence-corrected chi connectivity index (χ0v) is 17.8. The Morgan fingerprint density at radius 2 is 1.84 bits per heavy atom. The van der Waals surface area contributed by atoms with Crippen LogP contribution in [0.25, 0.3) is 11.3 Å². The predicted octanol–water partition coefficient (Wildman–Crippen LogP) is 4.93. The Morgan fingerprint density at radius 1 is 1.09 bits per heavy atom. The lowest BCUT2D eigenvalue weighted by Gasteiger charge is -2.10. The van der Waals surface area contributed by atoms with Gasteiger partial charge in [-0.3, -0.25) is 4.72 Å². The van der Waals surface area contributed by atoms with Gasteiger partial charge in [0.05, 0.1) is 17.5 Å². The van der Waals surface area contributed by atoms with Gasteiger partial charge in [-0.25, -0.2) is 13.2 Å². The minimum Gasteiger partial charge on any atom is -0.425 e. The van der Waals surface area contributed by atoms with Gasteiger partial charge in [0.15, 0.2) is 0 Å². The maximum Gasteiger partial charge on any atom is 0.416 e. The number of halogens is 3. The number of rotatable bonds is 6. The van der Waals surface area contributed by atoms with Gasteiger partial charge in [0, 0.05) is 18.2 Å². The van der Waals surface area contributed by atoms with E-state index in [0.29, 0.717) is 16.8 Å². The molecule has 0 aliphatic carbocycles. The molecule has 1 amide bonds. The fourth-order valence-electron chi connectivity index (χ4n) is 2.83. The molecular formula is C21H19F3N2O5S. The Hall–Kier alpha value is -3.47. The van der Waals surface area contributed by atoms with E-state index < -0.39 is 27.9 Å².